The van der Waals surface area contributed by atoms with Crippen molar-refractivity contribution < 1.29 is 18.3 Å². The van der Waals surface area contributed by atoms with E-state index in [-0.39, 0.29) is 10.6 Å². The normalized spacial score (nSPS) is 12.1. The lowest BCUT2D eigenvalue weighted by Gasteiger charge is -2.13. The molecule has 6 nitrogen and oxygen atoms in total. The molecule has 1 aromatic heterocycles. The number of nitriles is 1. The second-order valence-corrected chi connectivity index (χ2v) is 9.93. The third kappa shape index (κ3) is 6.17. The van der Waals surface area contributed by atoms with Crippen LogP contribution in [0.2, 0.25) is 0 Å². The average Bonchev–Trinajstić information content (AvgIpc) is 2.79. The molecule has 3 aromatic rings. The Morgan fingerprint density at radius 3 is 2.23 bits per heavy atom. The molecule has 1 N–H and O–H groups in total. The van der Waals surface area contributed by atoms with Gasteiger partial charge in [-0.1, -0.05) is 30.3 Å². The lowest BCUT2D eigenvalue weighted by molar-refractivity contribution is -0.140. The summed E-state index contributed by atoms with van der Waals surface area (Å²) < 4.78 is 25.6. The third-order valence-corrected chi connectivity index (χ3v) is 7.60. The van der Waals surface area contributed by atoms with Gasteiger partial charge in [0.1, 0.15) is 0 Å². The Morgan fingerprint density at radius 2 is 1.68 bits per heavy atom. The van der Waals surface area contributed by atoms with Gasteiger partial charge in [0.05, 0.1) is 33.9 Å². The largest absolute Gasteiger partial charge is 0.481 e. The summed E-state index contributed by atoms with van der Waals surface area (Å²) in [6.45, 7) is 0. The van der Waals surface area contributed by atoms with Gasteiger partial charge in [-0.15, -0.1) is 0 Å². The molecule has 0 saturated heterocycles. The van der Waals surface area contributed by atoms with Gasteiger partial charge < -0.3 is 5.11 Å². The minimum Gasteiger partial charge on any atom is -0.481 e. The highest BCUT2D eigenvalue weighted by molar-refractivity contribution is 7.98. The fraction of sp³-hybridized carbons (Fsp3) is 0.174. The maximum Gasteiger partial charge on any atom is 0.308 e. The van der Waals surface area contributed by atoms with Crippen LogP contribution >= 0.6 is 11.8 Å². The van der Waals surface area contributed by atoms with E-state index in [9.17, 15) is 18.3 Å². The number of aliphatic carboxylic acids is 1. The second-order valence-electron chi connectivity index (χ2n) is 6.87. The molecule has 1 unspecified atom stereocenters. The van der Waals surface area contributed by atoms with Gasteiger partial charge >= 0.3 is 5.97 Å². The Hall–Kier alpha value is -3.15. The van der Waals surface area contributed by atoms with Crippen molar-refractivity contribution >= 4 is 27.6 Å². The molecule has 3 rings (SSSR count). The summed E-state index contributed by atoms with van der Waals surface area (Å²) in [6.07, 6.45) is 1.66. The number of hydrogen-bond donors (Lipinski definition) is 1. The van der Waals surface area contributed by atoms with E-state index < -0.39 is 27.5 Å². The SMILES string of the molecule is N#Cc1ccc(-c2ccc(S(=O)(=O)CC(CSCc3ccccn3)C(=O)O)cc2)cc1. The van der Waals surface area contributed by atoms with Crippen LogP contribution in [0.25, 0.3) is 11.1 Å². The van der Waals surface area contributed by atoms with Crippen molar-refractivity contribution in [1.82, 2.24) is 4.98 Å². The predicted molar refractivity (Wildman–Crippen MR) is 120 cm³/mol. The fourth-order valence-electron chi connectivity index (χ4n) is 2.93. The summed E-state index contributed by atoms with van der Waals surface area (Å²) >= 11 is 1.35. The molecule has 0 radical (unpaired) electrons. The van der Waals surface area contributed by atoms with Crippen molar-refractivity contribution in [3.63, 3.8) is 0 Å². The third-order valence-electron chi connectivity index (χ3n) is 4.63. The number of nitrogens with zero attached hydrogens (tertiary/aromatic N) is 2. The number of carbonyl (C=O) groups is 1. The summed E-state index contributed by atoms with van der Waals surface area (Å²) in [5.74, 6) is -1.92. The van der Waals surface area contributed by atoms with E-state index >= 15 is 0 Å². The van der Waals surface area contributed by atoms with E-state index in [4.69, 9.17) is 5.26 Å². The van der Waals surface area contributed by atoms with Gasteiger partial charge in [0, 0.05) is 17.7 Å². The minimum absolute atomic E-state index is 0.0888. The quantitative estimate of drug-likeness (QED) is 0.522. The highest BCUT2D eigenvalue weighted by atomic mass is 32.2. The average molecular weight is 453 g/mol. The number of aromatic nitrogens is 1. The van der Waals surface area contributed by atoms with Gasteiger partial charge in [0.15, 0.2) is 9.84 Å². The molecule has 0 amide bonds. The Balaban J connectivity index is 1.67. The van der Waals surface area contributed by atoms with E-state index in [1.54, 1.807) is 48.7 Å². The molecular formula is C23H20N2O4S2. The lowest BCUT2D eigenvalue weighted by Crippen LogP contribution is -2.26. The van der Waals surface area contributed by atoms with Crippen molar-refractivity contribution in [1.29, 1.82) is 5.26 Å². The van der Waals surface area contributed by atoms with Crippen LogP contribution in [0.4, 0.5) is 0 Å². The second kappa shape index (κ2) is 10.2. The van der Waals surface area contributed by atoms with Crippen LogP contribution in [0.3, 0.4) is 0 Å². The highest BCUT2D eigenvalue weighted by Crippen LogP contribution is 2.24. The monoisotopic (exact) mass is 452 g/mol. The molecule has 0 bridgehead atoms. The number of hydrogen-bond acceptors (Lipinski definition) is 6. The zero-order chi connectivity index (χ0) is 22.3. The summed E-state index contributed by atoms with van der Waals surface area (Å²) in [4.78, 5) is 15.9. The fourth-order valence-corrected chi connectivity index (χ4v) is 5.66. The van der Waals surface area contributed by atoms with Crippen LogP contribution in [0, 0.1) is 17.2 Å². The molecule has 2 aromatic carbocycles. The van der Waals surface area contributed by atoms with E-state index in [1.807, 2.05) is 12.1 Å². The molecule has 1 heterocycles. The van der Waals surface area contributed by atoms with Crippen molar-refractivity contribution in [3.05, 3.63) is 84.2 Å². The smallest absolute Gasteiger partial charge is 0.308 e. The molecule has 158 valence electrons. The summed E-state index contributed by atoms with van der Waals surface area (Å²) in [5.41, 5.74) is 3.03. The Bertz CT molecular complexity index is 1170. The van der Waals surface area contributed by atoms with Crippen molar-refractivity contribution in [2.45, 2.75) is 10.6 Å². The van der Waals surface area contributed by atoms with E-state index in [1.165, 1.54) is 23.9 Å². The molecule has 0 saturated carbocycles. The Morgan fingerprint density at radius 1 is 1.03 bits per heavy atom. The molecule has 31 heavy (non-hydrogen) atoms. The summed E-state index contributed by atoms with van der Waals surface area (Å²) in [6, 6.07) is 20.9. The van der Waals surface area contributed by atoms with Gasteiger partial charge in [0.2, 0.25) is 0 Å². The number of thioether (sulfide) groups is 1. The maximum absolute atomic E-state index is 12.8. The Labute approximate surface area is 185 Å². The van der Waals surface area contributed by atoms with E-state index in [0.717, 1.165) is 16.8 Å². The minimum atomic E-state index is -3.76. The first-order chi connectivity index (χ1) is 14.9. The van der Waals surface area contributed by atoms with Gasteiger partial charge in [-0.2, -0.15) is 17.0 Å². The van der Waals surface area contributed by atoms with Gasteiger partial charge in [-0.3, -0.25) is 9.78 Å². The van der Waals surface area contributed by atoms with Crippen LogP contribution in [-0.2, 0) is 20.4 Å². The standard InChI is InChI=1S/C23H20N2O4S2/c24-13-17-4-6-18(7-5-17)19-8-10-22(11-9-19)31(28,29)16-20(23(26)27)14-30-15-21-3-1-2-12-25-21/h1-12,20H,14-16H2,(H,26,27). The number of carboxylic acids is 1. The Kier molecular flexibility index (Phi) is 7.45. The topological polar surface area (TPSA) is 108 Å². The number of pyridine rings is 1. The summed E-state index contributed by atoms with van der Waals surface area (Å²) in [7, 11) is -3.76. The van der Waals surface area contributed by atoms with Gasteiger partial charge in [-0.05, 0) is 47.5 Å². The summed E-state index contributed by atoms with van der Waals surface area (Å²) in [5, 5.41) is 18.4. The lowest BCUT2D eigenvalue weighted by atomic mass is 10.0. The first-order valence-corrected chi connectivity index (χ1v) is 12.2. The number of rotatable bonds is 9. The van der Waals surface area contributed by atoms with Crippen molar-refractivity contribution in [2.24, 2.45) is 5.92 Å². The van der Waals surface area contributed by atoms with Gasteiger partial charge in [0.25, 0.3) is 0 Å². The van der Waals surface area contributed by atoms with Gasteiger partial charge in [-0.25, -0.2) is 8.42 Å². The van der Waals surface area contributed by atoms with E-state index in [2.05, 4.69) is 11.1 Å². The molecule has 0 aliphatic heterocycles. The maximum atomic E-state index is 12.8. The molecular weight excluding hydrogens is 432 g/mol. The molecule has 0 spiro atoms. The van der Waals surface area contributed by atoms with E-state index in [0.29, 0.717) is 11.3 Å². The molecule has 1 atom stereocenters. The van der Waals surface area contributed by atoms with Crippen molar-refractivity contribution in [2.75, 3.05) is 11.5 Å². The number of benzene rings is 2. The highest BCUT2D eigenvalue weighted by Gasteiger charge is 2.26. The first-order valence-electron chi connectivity index (χ1n) is 9.43. The van der Waals surface area contributed by atoms with Crippen LogP contribution in [0.5, 0.6) is 0 Å². The van der Waals surface area contributed by atoms with Crippen molar-refractivity contribution in [3.8, 4) is 17.2 Å². The molecule has 8 heteroatoms. The van der Waals surface area contributed by atoms with Crippen LogP contribution in [0.15, 0.2) is 77.8 Å². The van der Waals surface area contributed by atoms with Crippen LogP contribution < -0.4 is 0 Å². The number of carboxylic acid groups (broad SMARTS) is 1. The predicted octanol–water partition coefficient (Wildman–Crippen LogP) is 4.03. The number of sulfone groups is 1. The molecule has 0 aliphatic carbocycles. The molecule has 0 aliphatic rings. The zero-order valence-electron chi connectivity index (χ0n) is 16.5. The van der Waals surface area contributed by atoms with Crippen LogP contribution in [0.1, 0.15) is 11.3 Å². The zero-order valence-corrected chi connectivity index (χ0v) is 18.1. The molecule has 0 fully saturated rings. The first kappa shape index (κ1) is 22.5. The van der Waals surface area contributed by atoms with Crippen LogP contribution in [-0.4, -0.2) is 36.0 Å².